The third-order valence-electron chi connectivity index (χ3n) is 6.15. The number of hydrogen-bond acceptors (Lipinski definition) is 4. The number of carbonyl (C=O) groups is 1. The van der Waals surface area contributed by atoms with Crippen LogP contribution in [0.5, 0.6) is 0 Å². The fourth-order valence-corrected chi connectivity index (χ4v) is 5.77. The molecule has 2 aromatic rings. The molecule has 1 amide bonds. The van der Waals surface area contributed by atoms with E-state index < -0.39 is 10.0 Å². The Morgan fingerprint density at radius 2 is 1.96 bits per heavy atom. The Morgan fingerprint density at radius 1 is 1.14 bits per heavy atom. The van der Waals surface area contributed by atoms with Crippen LogP contribution < -0.4 is 4.72 Å². The van der Waals surface area contributed by atoms with Crippen molar-refractivity contribution in [1.29, 1.82) is 0 Å². The lowest BCUT2D eigenvalue weighted by atomic mass is 9.74. The van der Waals surface area contributed by atoms with Crippen molar-refractivity contribution in [3.05, 3.63) is 60.4 Å². The largest absolute Gasteiger partial charge is 0.335 e. The molecule has 1 N–H and O–H groups in total. The predicted octanol–water partition coefficient (Wildman–Crippen LogP) is 2.72. The quantitative estimate of drug-likeness (QED) is 0.810. The molecule has 0 bridgehead atoms. The van der Waals surface area contributed by atoms with Crippen LogP contribution in [0, 0.1) is 5.41 Å². The molecule has 1 aliphatic carbocycles. The molecule has 6 nitrogen and oxygen atoms in total. The second-order valence-electron chi connectivity index (χ2n) is 7.79. The van der Waals surface area contributed by atoms with Crippen LogP contribution in [0.2, 0.25) is 0 Å². The number of hydrogen-bond donors (Lipinski definition) is 1. The Kier molecular flexibility index (Phi) is 5.21. The molecule has 7 heteroatoms. The minimum absolute atomic E-state index is 0.0746. The zero-order chi connectivity index (χ0) is 19.6. The van der Waals surface area contributed by atoms with Crippen LogP contribution in [0.25, 0.3) is 0 Å². The van der Waals surface area contributed by atoms with E-state index in [2.05, 4.69) is 9.71 Å². The molecule has 1 aromatic carbocycles. The van der Waals surface area contributed by atoms with Gasteiger partial charge in [-0.15, -0.1) is 0 Å². The summed E-state index contributed by atoms with van der Waals surface area (Å²) in [5.74, 6) is 0.168. The topological polar surface area (TPSA) is 79.4 Å². The third kappa shape index (κ3) is 3.69. The summed E-state index contributed by atoms with van der Waals surface area (Å²) in [4.78, 5) is 18.7. The Bertz CT molecular complexity index is 934. The summed E-state index contributed by atoms with van der Waals surface area (Å²) in [6.45, 7) is 0.939. The standard InChI is InChI=1S/C21H25N3O3S/c25-20-10-12-21(16-23-28(26,27)18-8-5-13-22-14-18)11-4-9-19(21)24(20)15-17-6-2-1-3-7-17/h1-3,5-8,13-14,19,23H,4,9-12,15-16H2/t19-,21+/m1/s1. The Morgan fingerprint density at radius 3 is 2.71 bits per heavy atom. The highest BCUT2D eigenvalue weighted by Crippen LogP contribution is 2.48. The molecule has 1 aromatic heterocycles. The number of sulfonamides is 1. The monoisotopic (exact) mass is 399 g/mol. The molecule has 4 rings (SSSR count). The molecule has 2 atom stereocenters. The van der Waals surface area contributed by atoms with Gasteiger partial charge in [0.25, 0.3) is 0 Å². The average Bonchev–Trinajstić information content (AvgIpc) is 3.15. The summed E-state index contributed by atoms with van der Waals surface area (Å²) in [6, 6.07) is 13.2. The van der Waals surface area contributed by atoms with E-state index in [1.807, 2.05) is 35.2 Å². The molecule has 1 saturated carbocycles. The van der Waals surface area contributed by atoms with E-state index in [1.165, 1.54) is 6.20 Å². The minimum atomic E-state index is -3.61. The molecule has 28 heavy (non-hydrogen) atoms. The molecule has 2 fully saturated rings. The Balaban J connectivity index is 1.53. The fraction of sp³-hybridized carbons (Fsp3) is 0.429. The zero-order valence-corrected chi connectivity index (χ0v) is 16.6. The van der Waals surface area contributed by atoms with Crippen molar-refractivity contribution in [2.24, 2.45) is 5.41 Å². The molecule has 1 saturated heterocycles. The van der Waals surface area contributed by atoms with Gasteiger partial charge in [-0.2, -0.15) is 0 Å². The fourth-order valence-electron chi connectivity index (χ4n) is 4.67. The smallest absolute Gasteiger partial charge is 0.242 e. The van der Waals surface area contributed by atoms with Gasteiger partial charge in [0, 0.05) is 43.4 Å². The number of pyridine rings is 1. The molecule has 148 valence electrons. The van der Waals surface area contributed by atoms with Crippen LogP contribution in [-0.2, 0) is 21.4 Å². The number of nitrogens with one attached hydrogen (secondary N) is 1. The summed E-state index contributed by atoms with van der Waals surface area (Å²) in [5.41, 5.74) is 0.910. The molecular formula is C21H25N3O3S. The maximum atomic E-state index is 12.7. The van der Waals surface area contributed by atoms with Gasteiger partial charge in [-0.05, 0) is 37.0 Å². The lowest BCUT2D eigenvalue weighted by Crippen LogP contribution is -2.55. The Hall–Kier alpha value is -2.25. The summed E-state index contributed by atoms with van der Waals surface area (Å²) in [5, 5.41) is 0. The molecular weight excluding hydrogens is 374 g/mol. The minimum Gasteiger partial charge on any atom is -0.335 e. The van der Waals surface area contributed by atoms with Crippen molar-refractivity contribution in [3.8, 4) is 0 Å². The van der Waals surface area contributed by atoms with Gasteiger partial charge < -0.3 is 4.90 Å². The van der Waals surface area contributed by atoms with E-state index in [4.69, 9.17) is 0 Å². The number of carbonyl (C=O) groups excluding carboxylic acids is 1. The van der Waals surface area contributed by atoms with Gasteiger partial charge in [-0.1, -0.05) is 36.8 Å². The van der Waals surface area contributed by atoms with Crippen LogP contribution in [-0.4, -0.2) is 36.8 Å². The van der Waals surface area contributed by atoms with Crippen molar-refractivity contribution in [1.82, 2.24) is 14.6 Å². The average molecular weight is 400 g/mol. The number of fused-ring (bicyclic) bond motifs is 1. The lowest BCUT2D eigenvalue weighted by Gasteiger charge is -2.46. The van der Waals surface area contributed by atoms with Gasteiger partial charge in [0.05, 0.1) is 0 Å². The molecule has 2 heterocycles. The maximum absolute atomic E-state index is 12.7. The number of benzene rings is 1. The van der Waals surface area contributed by atoms with E-state index >= 15 is 0 Å². The van der Waals surface area contributed by atoms with E-state index in [9.17, 15) is 13.2 Å². The van der Waals surface area contributed by atoms with Crippen LogP contribution >= 0.6 is 0 Å². The summed E-state index contributed by atoms with van der Waals surface area (Å²) in [6.07, 6.45) is 6.99. The number of piperidine rings is 1. The molecule has 0 radical (unpaired) electrons. The number of likely N-dealkylation sites (tertiary alicyclic amines) is 1. The van der Waals surface area contributed by atoms with E-state index in [0.717, 1.165) is 31.2 Å². The highest BCUT2D eigenvalue weighted by atomic mass is 32.2. The predicted molar refractivity (Wildman–Crippen MR) is 106 cm³/mol. The van der Waals surface area contributed by atoms with Gasteiger partial charge in [-0.3, -0.25) is 9.78 Å². The second-order valence-corrected chi connectivity index (χ2v) is 9.56. The van der Waals surface area contributed by atoms with Crippen LogP contribution in [0.15, 0.2) is 59.8 Å². The molecule has 0 spiro atoms. The lowest BCUT2D eigenvalue weighted by molar-refractivity contribution is -0.142. The highest BCUT2D eigenvalue weighted by molar-refractivity contribution is 7.89. The van der Waals surface area contributed by atoms with Crippen molar-refractivity contribution in [3.63, 3.8) is 0 Å². The Labute approximate surface area is 166 Å². The second kappa shape index (κ2) is 7.64. The number of nitrogens with zero attached hydrogens (tertiary/aromatic N) is 2. The van der Waals surface area contributed by atoms with Crippen molar-refractivity contribution >= 4 is 15.9 Å². The zero-order valence-electron chi connectivity index (χ0n) is 15.8. The van der Waals surface area contributed by atoms with Crippen molar-refractivity contribution < 1.29 is 13.2 Å². The molecule has 2 aliphatic rings. The summed E-state index contributed by atoms with van der Waals surface area (Å²) in [7, 11) is -3.61. The van der Waals surface area contributed by atoms with Gasteiger partial charge >= 0.3 is 0 Å². The summed E-state index contributed by atoms with van der Waals surface area (Å²) < 4.78 is 28.1. The van der Waals surface area contributed by atoms with Crippen molar-refractivity contribution in [2.75, 3.05) is 6.54 Å². The third-order valence-corrected chi connectivity index (χ3v) is 7.53. The van der Waals surface area contributed by atoms with E-state index in [1.54, 1.807) is 18.3 Å². The first kappa shape index (κ1) is 19.1. The van der Waals surface area contributed by atoms with Crippen LogP contribution in [0.4, 0.5) is 0 Å². The van der Waals surface area contributed by atoms with Crippen LogP contribution in [0.3, 0.4) is 0 Å². The van der Waals surface area contributed by atoms with Crippen LogP contribution in [0.1, 0.15) is 37.7 Å². The SMILES string of the molecule is O=C1CC[C@]2(CNS(=O)(=O)c3cccnc3)CCC[C@H]2N1Cc1ccccc1. The van der Waals surface area contributed by atoms with Gasteiger partial charge in [0.1, 0.15) is 4.90 Å². The highest BCUT2D eigenvalue weighted by Gasteiger charge is 2.50. The van der Waals surface area contributed by atoms with Gasteiger partial charge in [0.15, 0.2) is 0 Å². The summed E-state index contributed by atoms with van der Waals surface area (Å²) >= 11 is 0. The first-order valence-electron chi connectivity index (χ1n) is 9.73. The molecule has 1 aliphatic heterocycles. The van der Waals surface area contributed by atoms with E-state index in [-0.39, 0.29) is 22.3 Å². The molecule has 0 unspecified atom stereocenters. The van der Waals surface area contributed by atoms with Crippen molar-refractivity contribution in [2.45, 2.75) is 49.6 Å². The number of rotatable bonds is 6. The van der Waals surface area contributed by atoms with Gasteiger partial charge in [-0.25, -0.2) is 13.1 Å². The first-order valence-corrected chi connectivity index (χ1v) is 11.2. The normalized spacial score (nSPS) is 24.9. The van der Waals surface area contributed by atoms with E-state index in [0.29, 0.717) is 19.5 Å². The maximum Gasteiger partial charge on any atom is 0.242 e. The number of amides is 1. The number of aromatic nitrogens is 1. The van der Waals surface area contributed by atoms with Gasteiger partial charge in [0.2, 0.25) is 15.9 Å². The first-order chi connectivity index (χ1) is 13.5.